The van der Waals surface area contributed by atoms with Crippen LogP contribution in [-0.4, -0.2) is 99.9 Å². The molecule has 13 heteroatoms. The van der Waals surface area contributed by atoms with Gasteiger partial charge in [0, 0.05) is 75.2 Å². The number of anilines is 1. The van der Waals surface area contributed by atoms with Crippen molar-refractivity contribution in [3.8, 4) is 0 Å². The predicted octanol–water partition coefficient (Wildman–Crippen LogP) is 5.02. The summed E-state index contributed by atoms with van der Waals surface area (Å²) in [6, 6.07) is 35.1. The number of amides is 4. The van der Waals surface area contributed by atoms with Gasteiger partial charge in [0.25, 0.3) is 5.91 Å². The second-order valence-electron chi connectivity index (χ2n) is 13.6. The molecular formula is C41H44ClN9O3. The standard InChI is InChI=1S/C41H44ClN9O3/c42-34-16-18-36(19-17-34)48-22-20-47(21-23-48)28-35-29-51(46-45-35)30-37(52)49-24-26-50(27-25-49)39(32-12-6-2-7-13-32)38(31-10-4-1-5-11-31)43-41(54)44-40(53)33-14-8-3-9-15-33/h1-19,29,38-39H,20-28,30H2,(H2,43,44,53,54)/t38-,39+/m1/s1. The Balaban J connectivity index is 0.966. The molecule has 2 N–H and O–H groups in total. The number of hydrogen-bond donors (Lipinski definition) is 2. The zero-order valence-corrected chi connectivity index (χ0v) is 30.8. The van der Waals surface area contributed by atoms with Gasteiger partial charge in [0.05, 0.1) is 24.0 Å². The molecule has 12 nitrogen and oxygen atoms in total. The Morgan fingerprint density at radius 1 is 0.704 bits per heavy atom. The lowest BCUT2D eigenvalue weighted by molar-refractivity contribution is -0.134. The molecule has 0 radical (unpaired) electrons. The van der Waals surface area contributed by atoms with Crippen molar-refractivity contribution in [2.24, 2.45) is 0 Å². The summed E-state index contributed by atoms with van der Waals surface area (Å²) in [7, 11) is 0. The van der Waals surface area contributed by atoms with Crippen LogP contribution < -0.4 is 15.5 Å². The molecular weight excluding hydrogens is 702 g/mol. The molecule has 3 heterocycles. The molecule has 4 aromatic carbocycles. The summed E-state index contributed by atoms with van der Waals surface area (Å²) in [5.41, 5.74) is 4.33. The van der Waals surface area contributed by atoms with E-state index in [-0.39, 0.29) is 18.5 Å². The molecule has 54 heavy (non-hydrogen) atoms. The topological polar surface area (TPSA) is 119 Å². The molecule has 0 spiro atoms. The number of benzene rings is 4. The Morgan fingerprint density at radius 3 is 1.96 bits per heavy atom. The molecule has 5 aromatic rings. The van der Waals surface area contributed by atoms with Gasteiger partial charge in [-0.1, -0.05) is 95.7 Å². The van der Waals surface area contributed by atoms with Crippen molar-refractivity contribution in [2.45, 2.75) is 25.2 Å². The first-order valence-electron chi connectivity index (χ1n) is 18.3. The Morgan fingerprint density at radius 2 is 1.31 bits per heavy atom. The fourth-order valence-corrected chi connectivity index (χ4v) is 7.36. The van der Waals surface area contributed by atoms with Crippen LogP contribution in [0.5, 0.6) is 0 Å². The monoisotopic (exact) mass is 745 g/mol. The molecule has 0 unspecified atom stereocenters. The third-order valence-corrected chi connectivity index (χ3v) is 10.3. The van der Waals surface area contributed by atoms with Crippen LogP contribution >= 0.6 is 11.6 Å². The van der Waals surface area contributed by atoms with Gasteiger partial charge in [0.15, 0.2) is 0 Å². The summed E-state index contributed by atoms with van der Waals surface area (Å²) < 4.78 is 1.63. The van der Waals surface area contributed by atoms with Crippen LogP contribution in [0.15, 0.2) is 121 Å². The molecule has 1 aromatic heterocycles. The van der Waals surface area contributed by atoms with Gasteiger partial charge in [-0.15, -0.1) is 5.10 Å². The molecule has 7 rings (SSSR count). The van der Waals surface area contributed by atoms with Crippen molar-refractivity contribution in [3.05, 3.63) is 149 Å². The SMILES string of the molecule is O=C(NC(=O)c1ccccc1)N[C@H](c1ccccc1)[C@H](c1ccccc1)N1CCN(C(=O)Cn2cc(CN3CCN(c4ccc(Cl)cc4)CC3)nn2)CC1. The highest BCUT2D eigenvalue weighted by Gasteiger charge is 2.35. The van der Waals surface area contributed by atoms with E-state index < -0.39 is 18.0 Å². The van der Waals surface area contributed by atoms with Gasteiger partial charge in [-0.2, -0.15) is 0 Å². The third-order valence-electron chi connectivity index (χ3n) is 10.1. The van der Waals surface area contributed by atoms with Gasteiger partial charge in [-0.05, 0) is 47.5 Å². The van der Waals surface area contributed by atoms with Crippen LogP contribution in [0.25, 0.3) is 0 Å². The molecule has 2 atom stereocenters. The zero-order chi connectivity index (χ0) is 37.3. The van der Waals surface area contributed by atoms with E-state index in [0.717, 1.165) is 48.0 Å². The van der Waals surface area contributed by atoms with E-state index in [1.54, 1.807) is 28.9 Å². The summed E-state index contributed by atoms with van der Waals surface area (Å²) in [6.45, 7) is 6.63. The second kappa shape index (κ2) is 17.5. The van der Waals surface area contributed by atoms with E-state index in [9.17, 15) is 14.4 Å². The highest BCUT2D eigenvalue weighted by Crippen LogP contribution is 2.35. The lowest BCUT2D eigenvalue weighted by atomic mass is 9.91. The van der Waals surface area contributed by atoms with E-state index in [4.69, 9.17) is 11.6 Å². The van der Waals surface area contributed by atoms with E-state index in [1.807, 2.05) is 77.8 Å². The molecule has 278 valence electrons. The van der Waals surface area contributed by atoms with Crippen molar-refractivity contribution < 1.29 is 14.4 Å². The minimum Gasteiger partial charge on any atom is -0.369 e. The number of hydrogen-bond acceptors (Lipinski definition) is 8. The smallest absolute Gasteiger partial charge is 0.322 e. The molecule has 0 saturated carbocycles. The number of urea groups is 1. The summed E-state index contributed by atoms with van der Waals surface area (Å²) in [6.07, 6.45) is 1.87. The van der Waals surface area contributed by atoms with Crippen molar-refractivity contribution >= 4 is 35.1 Å². The highest BCUT2D eigenvalue weighted by molar-refractivity contribution is 6.30. The quantitative estimate of drug-likeness (QED) is 0.194. The molecule has 4 amide bonds. The Hall–Kier alpha value is -5.56. The normalized spacial score (nSPS) is 16.4. The number of carbonyl (C=O) groups excluding carboxylic acids is 3. The van der Waals surface area contributed by atoms with Crippen LogP contribution in [0.2, 0.25) is 5.02 Å². The maximum Gasteiger partial charge on any atom is 0.322 e. The number of carbonyl (C=O) groups is 3. The molecule has 2 aliphatic heterocycles. The number of nitrogens with zero attached hydrogens (tertiary/aromatic N) is 7. The average Bonchev–Trinajstić information content (AvgIpc) is 3.65. The fraction of sp³-hybridized carbons (Fsp3) is 0.293. The minimum atomic E-state index is -0.583. The fourth-order valence-electron chi connectivity index (χ4n) is 7.23. The van der Waals surface area contributed by atoms with Crippen molar-refractivity contribution in [1.82, 2.24) is 40.3 Å². The van der Waals surface area contributed by atoms with Crippen LogP contribution in [0.4, 0.5) is 10.5 Å². The zero-order valence-electron chi connectivity index (χ0n) is 30.0. The summed E-state index contributed by atoms with van der Waals surface area (Å²) in [5.74, 6) is -0.494. The van der Waals surface area contributed by atoms with Gasteiger partial charge in [-0.25, -0.2) is 9.48 Å². The summed E-state index contributed by atoms with van der Waals surface area (Å²) in [5, 5.41) is 15.0. The first-order chi connectivity index (χ1) is 26.4. The van der Waals surface area contributed by atoms with Crippen LogP contribution in [0, 0.1) is 0 Å². The Kier molecular flexibility index (Phi) is 11.9. The first kappa shape index (κ1) is 36.8. The Bertz CT molecular complexity index is 1980. The second-order valence-corrected chi connectivity index (χ2v) is 14.0. The number of halogens is 1. The highest BCUT2D eigenvalue weighted by atomic mass is 35.5. The number of imide groups is 1. The number of aromatic nitrogens is 3. The van der Waals surface area contributed by atoms with Gasteiger partial charge >= 0.3 is 6.03 Å². The Labute approximate surface area is 320 Å². The maximum absolute atomic E-state index is 13.5. The van der Waals surface area contributed by atoms with E-state index in [1.165, 1.54) is 5.69 Å². The third kappa shape index (κ3) is 9.32. The summed E-state index contributed by atoms with van der Waals surface area (Å²) >= 11 is 6.06. The molecule has 2 saturated heterocycles. The van der Waals surface area contributed by atoms with Crippen LogP contribution in [-0.2, 0) is 17.9 Å². The number of piperazine rings is 2. The van der Waals surface area contributed by atoms with Gasteiger partial charge in [0.2, 0.25) is 5.91 Å². The van der Waals surface area contributed by atoms with Gasteiger partial charge in [0.1, 0.15) is 6.54 Å². The average molecular weight is 746 g/mol. The minimum absolute atomic E-state index is 0.0181. The maximum atomic E-state index is 13.5. The largest absolute Gasteiger partial charge is 0.369 e. The lowest BCUT2D eigenvalue weighted by Gasteiger charge is -2.42. The lowest BCUT2D eigenvalue weighted by Crippen LogP contribution is -2.53. The van der Waals surface area contributed by atoms with Crippen LogP contribution in [0.1, 0.15) is 39.3 Å². The summed E-state index contributed by atoms with van der Waals surface area (Å²) in [4.78, 5) is 48.7. The first-order valence-corrected chi connectivity index (χ1v) is 18.7. The molecule has 2 aliphatic rings. The van der Waals surface area contributed by atoms with Gasteiger partial charge in [-0.3, -0.25) is 24.7 Å². The molecule has 2 fully saturated rings. The van der Waals surface area contributed by atoms with Gasteiger partial charge < -0.3 is 15.1 Å². The number of nitrogens with one attached hydrogen (secondary N) is 2. The molecule has 0 bridgehead atoms. The number of rotatable bonds is 11. The van der Waals surface area contributed by atoms with E-state index >= 15 is 0 Å². The predicted molar refractivity (Wildman–Crippen MR) is 208 cm³/mol. The van der Waals surface area contributed by atoms with Crippen molar-refractivity contribution in [2.75, 3.05) is 57.3 Å². The van der Waals surface area contributed by atoms with E-state index in [2.05, 4.69) is 59.9 Å². The van der Waals surface area contributed by atoms with Crippen molar-refractivity contribution in [1.29, 1.82) is 0 Å². The molecule has 0 aliphatic carbocycles. The van der Waals surface area contributed by atoms with E-state index in [0.29, 0.717) is 38.3 Å². The van der Waals surface area contributed by atoms with Crippen LogP contribution in [0.3, 0.4) is 0 Å². The van der Waals surface area contributed by atoms with Crippen molar-refractivity contribution in [3.63, 3.8) is 0 Å².